The molecular weight excluding hydrogens is 356 g/mol. The molecule has 7 nitrogen and oxygen atoms in total. The van der Waals surface area contributed by atoms with E-state index in [2.05, 4.69) is 15.6 Å². The van der Waals surface area contributed by atoms with Crippen LogP contribution in [0.4, 0.5) is 5.69 Å². The Kier molecular flexibility index (Phi) is 5.68. The van der Waals surface area contributed by atoms with Crippen LogP contribution in [0.1, 0.15) is 27.7 Å². The molecular formula is C18H17ClN4O3. The number of carbonyl (C=O) groups excluding carboxylic acids is 1. The number of benzene rings is 1. The molecule has 2 aromatic rings. The zero-order chi connectivity index (χ0) is 18.5. The first-order valence-corrected chi connectivity index (χ1v) is 8.38. The number of anilines is 1. The number of aromatic nitrogens is 1. The monoisotopic (exact) mass is 372 g/mol. The first-order chi connectivity index (χ1) is 12.6. The fraction of sp³-hybridized carbons (Fsp3) is 0.278. The number of ether oxygens (including phenoxy) is 2. The van der Waals surface area contributed by atoms with Crippen molar-refractivity contribution >= 4 is 23.2 Å². The number of pyridine rings is 1. The number of nitrogens with one attached hydrogen (secondary N) is 2. The van der Waals surface area contributed by atoms with Crippen LogP contribution >= 0.6 is 11.6 Å². The number of morpholine rings is 1. The van der Waals surface area contributed by atoms with Gasteiger partial charge >= 0.3 is 0 Å². The van der Waals surface area contributed by atoms with E-state index in [1.165, 1.54) is 19.2 Å². The first-order valence-electron chi connectivity index (χ1n) is 8.00. The first kappa shape index (κ1) is 18.1. The van der Waals surface area contributed by atoms with Crippen LogP contribution in [-0.2, 0) is 4.74 Å². The molecule has 1 aromatic heterocycles. The van der Waals surface area contributed by atoms with Crippen molar-refractivity contribution in [3.8, 4) is 11.9 Å². The molecule has 26 heavy (non-hydrogen) atoms. The molecule has 134 valence electrons. The van der Waals surface area contributed by atoms with Crippen LogP contribution < -0.4 is 15.4 Å². The van der Waals surface area contributed by atoms with E-state index in [9.17, 15) is 4.79 Å². The molecule has 0 saturated carbocycles. The lowest BCUT2D eigenvalue weighted by atomic mass is 10.1. The highest BCUT2D eigenvalue weighted by Gasteiger charge is 2.18. The van der Waals surface area contributed by atoms with Crippen LogP contribution in [0, 0.1) is 11.3 Å². The minimum absolute atomic E-state index is 0.0614. The third-order valence-electron chi connectivity index (χ3n) is 3.93. The molecule has 1 aliphatic heterocycles. The van der Waals surface area contributed by atoms with Gasteiger partial charge in [-0.05, 0) is 23.8 Å². The maximum atomic E-state index is 12.5. The van der Waals surface area contributed by atoms with Gasteiger partial charge in [-0.3, -0.25) is 4.79 Å². The Bertz CT molecular complexity index is 860. The predicted octanol–water partition coefficient (Wildman–Crippen LogP) is 2.53. The van der Waals surface area contributed by atoms with Crippen LogP contribution in [-0.4, -0.2) is 37.7 Å². The van der Waals surface area contributed by atoms with E-state index >= 15 is 0 Å². The molecule has 0 aliphatic carbocycles. The second-order valence-electron chi connectivity index (χ2n) is 5.65. The van der Waals surface area contributed by atoms with E-state index in [-0.39, 0.29) is 23.2 Å². The van der Waals surface area contributed by atoms with Crippen LogP contribution in [0.3, 0.4) is 0 Å². The summed E-state index contributed by atoms with van der Waals surface area (Å²) in [6, 6.07) is 10.1. The van der Waals surface area contributed by atoms with Crippen LogP contribution in [0.2, 0.25) is 5.02 Å². The highest BCUT2D eigenvalue weighted by atomic mass is 35.5. The quantitative estimate of drug-likeness (QED) is 0.856. The van der Waals surface area contributed by atoms with Gasteiger partial charge in [0.2, 0.25) is 5.88 Å². The number of methoxy groups -OCH3 is 1. The van der Waals surface area contributed by atoms with Gasteiger partial charge in [-0.25, -0.2) is 4.98 Å². The molecule has 8 heteroatoms. The Morgan fingerprint density at radius 3 is 2.96 bits per heavy atom. The number of nitriles is 1. The number of carbonyl (C=O) groups is 1. The Hall–Kier alpha value is -2.66. The van der Waals surface area contributed by atoms with Gasteiger partial charge < -0.3 is 20.1 Å². The zero-order valence-electron chi connectivity index (χ0n) is 14.1. The third-order valence-corrected chi connectivity index (χ3v) is 4.24. The van der Waals surface area contributed by atoms with Crippen LogP contribution in [0.25, 0.3) is 0 Å². The lowest BCUT2D eigenvalue weighted by molar-refractivity contribution is 0.0277. The summed E-state index contributed by atoms with van der Waals surface area (Å²) in [6.07, 6.45) is -0.0614. The van der Waals surface area contributed by atoms with E-state index in [0.29, 0.717) is 17.3 Å². The lowest BCUT2D eigenvalue weighted by Gasteiger charge is -2.24. The molecule has 1 atom stereocenters. The van der Waals surface area contributed by atoms with Crippen molar-refractivity contribution in [3.63, 3.8) is 0 Å². The summed E-state index contributed by atoms with van der Waals surface area (Å²) < 4.78 is 10.7. The topological polar surface area (TPSA) is 96.3 Å². The highest BCUT2D eigenvalue weighted by Crippen LogP contribution is 2.28. The zero-order valence-corrected chi connectivity index (χ0v) is 14.8. The average Bonchev–Trinajstić information content (AvgIpc) is 2.69. The second-order valence-corrected chi connectivity index (χ2v) is 6.06. The summed E-state index contributed by atoms with van der Waals surface area (Å²) in [7, 11) is 1.42. The number of halogens is 1. The van der Waals surface area contributed by atoms with Gasteiger partial charge in [0.15, 0.2) is 0 Å². The summed E-state index contributed by atoms with van der Waals surface area (Å²) in [6.45, 7) is 2.19. The molecule has 0 bridgehead atoms. The molecule has 0 spiro atoms. The van der Waals surface area contributed by atoms with Crippen molar-refractivity contribution in [1.82, 2.24) is 10.3 Å². The molecule has 1 amide bonds. The highest BCUT2D eigenvalue weighted by molar-refractivity contribution is 6.34. The number of hydrogen-bond donors (Lipinski definition) is 2. The Morgan fingerprint density at radius 1 is 1.46 bits per heavy atom. The van der Waals surface area contributed by atoms with Crippen LogP contribution in [0.5, 0.6) is 5.88 Å². The Balaban J connectivity index is 1.78. The summed E-state index contributed by atoms with van der Waals surface area (Å²) in [4.78, 5) is 16.4. The third kappa shape index (κ3) is 4.11. The molecule has 0 unspecified atom stereocenters. The molecule has 1 aromatic carbocycles. The van der Waals surface area contributed by atoms with Crippen molar-refractivity contribution in [1.29, 1.82) is 5.26 Å². The van der Waals surface area contributed by atoms with Crippen molar-refractivity contribution in [2.45, 2.75) is 6.10 Å². The molecule has 2 N–H and O–H groups in total. The van der Waals surface area contributed by atoms with Crippen molar-refractivity contribution in [2.75, 3.05) is 32.1 Å². The number of nitrogens with zero attached hydrogens (tertiary/aromatic N) is 2. The maximum absolute atomic E-state index is 12.5. The molecule has 3 rings (SSSR count). The number of rotatable bonds is 4. The summed E-state index contributed by atoms with van der Waals surface area (Å²) in [5.74, 6) is -0.218. The van der Waals surface area contributed by atoms with Crippen molar-refractivity contribution in [3.05, 3.63) is 52.2 Å². The van der Waals surface area contributed by atoms with Crippen LogP contribution in [0.15, 0.2) is 30.3 Å². The van der Waals surface area contributed by atoms with E-state index in [1.807, 2.05) is 12.1 Å². The standard InChI is InChI=1S/C18H17ClN4O3/c1-25-17-8-12(6-13(9-20)22-17)18(24)23-15-3-2-11(7-14(15)19)16-10-21-4-5-26-16/h2-3,6-8,16,21H,4-5,10H2,1H3,(H,23,24)/t16-/m1/s1. The van der Waals surface area contributed by atoms with Crippen molar-refractivity contribution in [2.24, 2.45) is 0 Å². The van der Waals surface area contributed by atoms with Gasteiger partial charge in [-0.1, -0.05) is 17.7 Å². The molecule has 2 heterocycles. The minimum Gasteiger partial charge on any atom is -0.481 e. The molecule has 0 radical (unpaired) electrons. The summed E-state index contributed by atoms with van der Waals surface area (Å²) >= 11 is 6.32. The maximum Gasteiger partial charge on any atom is 0.256 e. The SMILES string of the molecule is COc1cc(C(=O)Nc2ccc([C@H]3CNCCO3)cc2Cl)cc(C#N)n1. The van der Waals surface area contributed by atoms with Gasteiger partial charge in [-0.15, -0.1) is 0 Å². The van der Waals surface area contributed by atoms with Gasteiger partial charge in [-0.2, -0.15) is 5.26 Å². The fourth-order valence-corrected chi connectivity index (χ4v) is 2.84. The smallest absolute Gasteiger partial charge is 0.256 e. The predicted molar refractivity (Wildman–Crippen MR) is 96.5 cm³/mol. The summed E-state index contributed by atoms with van der Waals surface area (Å²) in [5.41, 5.74) is 1.77. The second kappa shape index (κ2) is 8.15. The van der Waals surface area contributed by atoms with E-state index in [0.717, 1.165) is 18.7 Å². The normalized spacial score (nSPS) is 16.6. The number of hydrogen-bond acceptors (Lipinski definition) is 6. The molecule has 1 fully saturated rings. The van der Waals surface area contributed by atoms with E-state index in [4.69, 9.17) is 26.3 Å². The van der Waals surface area contributed by atoms with E-state index in [1.54, 1.807) is 12.1 Å². The van der Waals surface area contributed by atoms with Crippen molar-refractivity contribution < 1.29 is 14.3 Å². The van der Waals surface area contributed by atoms with E-state index < -0.39 is 5.91 Å². The molecule has 1 saturated heterocycles. The van der Waals surface area contributed by atoms with Gasteiger partial charge in [0.05, 0.1) is 30.5 Å². The molecule has 1 aliphatic rings. The average molecular weight is 373 g/mol. The summed E-state index contributed by atoms with van der Waals surface area (Å²) in [5, 5.41) is 15.4. The Labute approximate surface area is 155 Å². The number of amides is 1. The van der Waals surface area contributed by atoms with Gasteiger partial charge in [0.25, 0.3) is 5.91 Å². The fourth-order valence-electron chi connectivity index (χ4n) is 2.61. The van der Waals surface area contributed by atoms with Gasteiger partial charge in [0, 0.05) is 24.7 Å². The van der Waals surface area contributed by atoms with Gasteiger partial charge in [0.1, 0.15) is 11.8 Å². The lowest BCUT2D eigenvalue weighted by Crippen LogP contribution is -2.33. The largest absolute Gasteiger partial charge is 0.481 e. The minimum atomic E-state index is -0.410. The Morgan fingerprint density at radius 2 is 2.31 bits per heavy atom.